The number of thioether (sulfide) groups is 1. The first-order valence-corrected chi connectivity index (χ1v) is 11.8. The van der Waals surface area contributed by atoms with Gasteiger partial charge in [0.1, 0.15) is 5.75 Å². The highest BCUT2D eigenvalue weighted by Gasteiger charge is 2.15. The highest BCUT2D eigenvalue weighted by atomic mass is 35.5. The van der Waals surface area contributed by atoms with Crippen molar-refractivity contribution in [3.63, 3.8) is 0 Å². The molecule has 0 aliphatic carbocycles. The predicted octanol–water partition coefficient (Wildman–Crippen LogP) is 6.99. The van der Waals surface area contributed by atoms with Crippen molar-refractivity contribution in [1.29, 1.82) is 0 Å². The first kappa shape index (κ1) is 25.1. The van der Waals surface area contributed by atoms with Gasteiger partial charge in [0.2, 0.25) is 0 Å². The topological polar surface area (TPSA) is 91.0 Å². The minimum absolute atomic E-state index is 0. The predicted molar refractivity (Wildman–Crippen MR) is 145 cm³/mol. The number of benzene rings is 3. The Morgan fingerprint density at radius 2 is 1.69 bits per heavy atom. The monoisotopic (exact) mass is 516 g/mol. The Morgan fingerprint density at radius 1 is 0.917 bits per heavy atom. The van der Waals surface area contributed by atoms with Gasteiger partial charge in [-0.2, -0.15) is 0 Å². The molecule has 0 saturated carbocycles. The van der Waals surface area contributed by atoms with Crippen molar-refractivity contribution in [2.45, 2.75) is 10.9 Å². The SMILES string of the molecule is COc1ccc(-c2cc(-c3ccccc3)c3cc([N+](=O)[O-])ccc3n2)cc1CSc1ncccn1.Cl. The van der Waals surface area contributed by atoms with Gasteiger partial charge >= 0.3 is 0 Å². The second-order valence-corrected chi connectivity index (χ2v) is 8.67. The molecule has 0 amide bonds. The molecule has 3 aromatic carbocycles. The Hall–Kier alpha value is -4.01. The molecular weight excluding hydrogens is 496 g/mol. The van der Waals surface area contributed by atoms with Crippen molar-refractivity contribution in [1.82, 2.24) is 15.0 Å². The van der Waals surface area contributed by atoms with Crippen molar-refractivity contribution in [3.8, 4) is 28.1 Å². The van der Waals surface area contributed by atoms with Gasteiger partial charge in [-0.05, 0) is 47.5 Å². The van der Waals surface area contributed by atoms with E-state index < -0.39 is 0 Å². The third kappa shape index (κ3) is 5.30. The summed E-state index contributed by atoms with van der Waals surface area (Å²) in [5.74, 6) is 1.41. The van der Waals surface area contributed by atoms with Crippen LogP contribution in [0.2, 0.25) is 0 Å². The van der Waals surface area contributed by atoms with Crippen molar-refractivity contribution in [3.05, 3.63) is 107 Å². The molecule has 36 heavy (non-hydrogen) atoms. The summed E-state index contributed by atoms with van der Waals surface area (Å²) in [5, 5.41) is 12.8. The quantitative estimate of drug-likeness (QED) is 0.0995. The molecule has 0 atom stereocenters. The number of ether oxygens (including phenoxy) is 1. The summed E-state index contributed by atoms with van der Waals surface area (Å²) in [6.45, 7) is 0. The lowest BCUT2D eigenvalue weighted by atomic mass is 9.97. The largest absolute Gasteiger partial charge is 0.496 e. The van der Waals surface area contributed by atoms with E-state index in [1.165, 1.54) is 17.8 Å². The zero-order chi connectivity index (χ0) is 24.2. The van der Waals surface area contributed by atoms with E-state index in [1.54, 1.807) is 37.7 Å². The number of fused-ring (bicyclic) bond motifs is 1. The minimum atomic E-state index is -0.383. The normalized spacial score (nSPS) is 10.6. The summed E-state index contributed by atoms with van der Waals surface area (Å²) >= 11 is 1.53. The fourth-order valence-electron chi connectivity index (χ4n) is 3.88. The van der Waals surface area contributed by atoms with Crippen LogP contribution in [0, 0.1) is 10.1 Å². The molecule has 0 N–H and O–H groups in total. The van der Waals surface area contributed by atoms with Crippen LogP contribution in [-0.4, -0.2) is 27.0 Å². The van der Waals surface area contributed by atoms with E-state index in [4.69, 9.17) is 9.72 Å². The summed E-state index contributed by atoms with van der Waals surface area (Å²) in [7, 11) is 1.65. The lowest BCUT2D eigenvalue weighted by Crippen LogP contribution is -1.95. The molecule has 0 fully saturated rings. The summed E-state index contributed by atoms with van der Waals surface area (Å²) < 4.78 is 5.59. The molecule has 0 saturated heterocycles. The molecule has 0 spiro atoms. The molecule has 5 aromatic rings. The highest BCUT2D eigenvalue weighted by Crippen LogP contribution is 2.36. The van der Waals surface area contributed by atoms with E-state index in [0.717, 1.165) is 39.1 Å². The maximum atomic E-state index is 11.4. The van der Waals surface area contributed by atoms with Gasteiger partial charge in [0, 0.05) is 46.8 Å². The van der Waals surface area contributed by atoms with Crippen molar-refractivity contribution >= 4 is 40.8 Å². The van der Waals surface area contributed by atoms with Gasteiger partial charge in [-0.1, -0.05) is 42.1 Å². The number of aromatic nitrogens is 3. The zero-order valence-corrected chi connectivity index (χ0v) is 20.8. The second kappa shape index (κ2) is 11.2. The average molecular weight is 517 g/mol. The second-order valence-electron chi connectivity index (χ2n) is 7.73. The molecule has 2 heterocycles. The molecule has 0 radical (unpaired) electrons. The van der Waals surface area contributed by atoms with Gasteiger partial charge in [0.15, 0.2) is 5.16 Å². The summed E-state index contributed by atoms with van der Waals surface area (Å²) in [4.78, 5) is 24.4. The Labute approximate surface area is 218 Å². The van der Waals surface area contributed by atoms with Crippen LogP contribution in [0.25, 0.3) is 33.3 Å². The fraction of sp³-hybridized carbons (Fsp3) is 0.0741. The number of hydrogen-bond acceptors (Lipinski definition) is 7. The van der Waals surface area contributed by atoms with Crippen molar-refractivity contribution in [2.24, 2.45) is 0 Å². The van der Waals surface area contributed by atoms with Gasteiger partial charge < -0.3 is 4.74 Å². The van der Waals surface area contributed by atoms with Crippen LogP contribution in [0.1, 0.15) is 5.56 Å². The zero-order valence-electron chi connectivity index (χ0n) is 19.2. The van der Waals surface area contributed by atoms with Crippen LogP contribution in [0.15, 0.2) is 96.4 Å². The Bertz CT molecular complexity index is 1520. The van der Waals surface area contributed by atoms with E-state index in [9.17, 15) is 10.1 Å². The van der Waals surface area contributed by atoms with Gasteiger partial charge in [0.05, 0.1) is 23.2 Å². The van der Waals surface area contributed by atoms with E-state index in [-0.39, 0.29) is 23.0 Å². The number of pyridine rings is 1. The van der Waals surface area contributed by atoms with Crippen LogP contribution >= 0.6 is 24.2 Å². The third-order valence-electron chi connectivity index (χ3n) is 5.56. The van der Waals surface area contributed by atoms with Crippen molar-refractivity contribution in [2.75, 3.05) is 7.11 Å². The van der Waals surface area contributed by atoms with Gasteiger partial charge in [-0.3, -0.25) is 10.1 Å². The number of rotatable bonds is 7. The number of nitro groups is 1. The van der Waals surface area contributed by atoms with Gasteiger partial charge in [0.25, 0.3) is 5.69 Å². The number of hydrogen-bond donors (Lipinski definition) is 0. The maximum Gasteiger partial charge on any atom is 0.270 e. The minimum Gasteiger partial charge on any atom is -0.496 e. The van der Waals surface area contributed by atoms with Crippen LogP contribution in [0.4, 0.5) is 5.69 Å². The maximum absolute atomic E-state index is 11.4. The van der Waals surface area contributed by atoms with Crippen LogP contribution in [0.5, 0.6) is 5.75 Å². The molecule has 7 nitrogen and oxygen atoms in total. The summed E-state index contributed by atoms with van der Waals surface area (Å²) in [6.07, 6.45) is 3.44. The Balaban J connectivity index is 0.00000304. The first-order valence-electron chi connectivity index (χ1n) is 10.8. The van der Waals surface area contributed by atoms with E-state index in [0.29, 0.717) is 16.4 Å². The third-order valence-corrected chi connectivity index (χ3v) is 6.49. The Kier molecular flexibility index (Phi) is 7.77. The van der Waals surface area contributed by atoms with Crippen LogP contribution < -0.4 is 4.74 Å². The molecule has 0 bridgehead atoms. The molecule has 5 rings (SSSR count). The first-order chi connectivity index (χ1) is 17.1. The van der Waals surface area contributed by atoms with E-state index in [2.05, 4.69) is 16.0 Å². The molecule has 0 aliphatic heterocycles. The van der Waals surface area contributed by atoms with Crippen molar-refractivity contribution < 1.29 is 9.66 Å². The smallest absolute Gasteiger partial charge is 0.270 e. The molecule has 0 aliphatic rings. The van der Waals surface area contributed by atoms with E-state index in [1.807, 2.05) is 48.5 Å². The lowest BCUT2D eigenvalue weighted by molar-refractivity contribution is -0.384. The molecule has 180 valence electrons. The standard InChI is InChI=1S/C27H20N4O3S.ClH/c1-34-26-11-8-19(14-20(26)17-35-27-28-12-5-13-29-27)25-16-22(18-6-3-2-4-7-18)23-15-21(31(32)33)9-10-24(23)30-25;/h2-16H,17H2,1H3;1H. The fourth-order valence-corrected chi connectivity index (χ4v) is 4.67. The summed E-state index contributed by atoms with van der Waals surface area (Å²) in [5.41, 5.74) is 5.27. The lowest BCUT2D eigenvalue weighted by Gasteiger charge is -2.13. The molecule has 9 heteroatoms. The average Bonchev–Trinajstić information content (AvgIpc) is 2.91. The Morgan fingerprint density at radius 3 is 2.42 bits per heavy atom. The number of nitro benzene ring substituents is 1. The number of nitrogens with zero attached hydrogens (tertiary/aromatic N) is 4. The van der Waals surface area contributed by atoms with Gasteiger partial charge in [-0.15, -0.1) is 12.4 Å². The number of methoxy groups -OCH3 is 1. The van der Waals surface area contributed by atoms with E-state index >= 15 is 0 Å². The number of non-ortho nitro benzene ring substituents is 1. The summed E-state index contributed by atoms with van der Waals surface area (Å²) in [6, 6.07) is 24.4. The highest BCUT2D eigenvalue weighted by molar-refractivity contribution is 7.98. The molecular formula is C27H21ClN4O3S. The molecule has 2 aromatic heterocycles. The van der Waals surface area contributed by atoms with Crippen LogP contribution in [0.3, 0.4) is 0 Å². The number of halogens is 1. The molecule has 0 unspecified atom stereocenters. The van der Waals surface area contributed by atoms with Crippen LogP contribution in [-0.2, 0) is 5.75 Å². The van der Waals surface area contributed by atoms with Gasteiger partial charge in [-0.25, -0.2) is 15.0 Å².